The number of nitrogens with one attached hydrogen (secondary N) is 1. The van der Waals surface area contributed by atoms with E-state index in [1.54, 1.807) is 6.08 Å². The van der Waals surface area contributed by atoms with E-state index in [9.17, 15) is 14.4 Å². The van der Waals surface area contributed by atoms with E-state index in [1.165, 1.54) is 10.5 Å². The first-order chi connectivity index (χ1) is 11.1. The molecule has 1 saturated heterocycles. The van der Waals surface area contributed by atoms with Crippen molar-refractivity contribution in [1.82, 2.24) is 10.2 Å². The molecule has 0 aromatic heterocycles. The number of hydrogen-bond donors (Lipinski definition) is 1. The normalized spacial score (nSPS) is 21.2. The Morgan fingerprint density at radius 2 is 1.78 bits per heavy atom. The Morgan fingerprint density at radius 3 is 2.39 bits per heavy atom. The predicted octanol–water partition coefficient (Wildman–Crippen LogP) is 2.65. The molecule has 3 rings (SSSR count). The van der Waals surface area contributed by atoms with E-state index in [0.717, 1.165) is 37.7 Å². The molecule has 1 aromatic rings. The van der Waals surface area contributed by atoms with Crippen LogP contribution in [0.4, 0.5) is 4.79 Å². The first kappa shape index (κ1) is 15.5. The van der Waals surface area contributed by atoms with Crippen LogP contribution in [0.1, 0.15) is 43.7 Å². The van der Waals surface area contributed by atoms with Gasteiger partial charge in [0.1, 0.15) is 5.57 Å². The minimum Gasteiger partial charge on any atom is -0.273 e. The molecule has 120 valence electrons. The second kappa shape index (κ2) is 6.36. The molecule has 1 aromatic carbocycles. The molecule has 1 heterocycles. The van der Waals surface area contributed by atoms with Crippen molar-refractivity contribution in [3.05, 3.63) is 41.0 Å². The van der Waals surface area contributed by atoms with Crippen LogP contribution >= 0.6 is 0 Å². The zero-order valence-electron chi connectivity index (χ0n) is 13.2. The van der Waals surface area contributed by atoms with Crippen molar-refractivity contribution in [2.75, 3.05) is 0 Å². The minimum absolute atomic E-state index is 0.0285. The fourth-order valence-corrected chi connectivity index (χ4v) is 3.18. The molecule has 1 aliphatic carbocycles. The van der Waals surface area contributed by atoms with Gasteiger partial charge in [-0.15, -0.1) is 0 Å². The van der Waals surface area contributed by atoms with Crippen LogP contribution in [0, 0.1) is 0 Å². The van der Waals surface area contributed by atoms with Crippen molar-refractivity contribution < 1.29 is 14.4 Å². The molecule has 23 heavy (non-hydrogen) atoms. The monoisotopic (exact) mass is 312 g/mol. The number of rotatable bonds is 3. The standard InChI is InChI=1S/C18H20N2O3/c1-2-12-7-9-13(10-8-12)11-15-16(21)19-18(23)20(17(15)22)14-5-3-4-6-14/h7-11,14H,2-6H2,1H3,(H,19,21,23)/b15-11+. The van der Waals surface area contributed by atoms with Crippen LogP contribution in [0.25, 0.3) is 6.08 Å². The van der Waals surface area contributed by atoms with Crippen molar-refractivity contribution >= 4 is 23.9 Å². The minimum atomic E-state index is -0.617. The maximum atomic E-state index is 12.6. The lowest BCUT2D eigenvalue weighted by atomic mass is 10.0. The van der Waals surface area contributed by atoms with Gasteiger partial charge in [-0.3, -0.25) is 19.8 Å². The fraction of sp³-hybridized carbons (Fsp3) is 0.389. The van der Waals surface area contributed by atoms with Crippen LogP contribution in [0.3, 0.4) is 0 Å². The van der Waals surface area contributed by atoms with E-state index in [2.05, 4.69) is 12.2 Å². The molecule has 0 atom stereocenters. The molecule has 1 saturated carbocycles. The Balaban J connectivity index is 1.89. The lowest BCUT2D eigenvalue weighted by molar-refractivity contribution is -0.131. The van der Waals surface area contributed by atoms with Crippen molar-refractivity contribution in [3.63, 3.8) is 0 Å². The molecule has 4 amide bonds. The molecular formula is C18H20N2O3. The van der Waals surface area contributed by atoms with Gasteiger partial charge in [0.25, 0.3) is 11.8 Å². The molecule has 5 nitrogen and oxygen atoms in total. The molecule has 0 spiro atoms. The summed E-state index contributed by atoms with van der Waals surface area (Å²) in [6.45, 7) is 2.07. The van der Waals surface area contributed by atoms with Gasteiger partial charge < -0.3 is 0 Å². The van der Waals surface area contributed by atoms with Crippen LogP contribution < -0.4 is 5.32 Å². The summed E-state index contributed by atoms with van der Waals surface area (Å²) in [7, 11) is 0. The Labute approximate surface area is 135 Å². The third-order valence-electron chi connectivity index (χ3n) is 4.52. The molecule has 1 N–H and O–H groups in total. The lowest BCUT2D eigenvalue weighted by Gasteiger charge is -2.31. The van der Waals surface area contributed by atoms with Gasteiger partial charge in [-0.05, 0) is 36.5 Å². The largest absolute Gasteiger partial charge is 0.331 e. The predicted molar refractivity (Wildman–Crippen MR) is 86.4 cm³/mol. The van der Waals surface area contributed by atoms with E-state index in [4.69, 9.17) is 0 Å². The number of imide groups is 2. The van der Waals surface area contributed by atoms with Gasteiger partial charge in [0, 0.05) is 6.04 Å². The first-order valence-corrected chi connectivity index (χ1v) is 8.09. The summed E-state index contributed by atoms with van der Waals surface area (Å²) in [5.74, 6) is -1.10. The Hall–Kier alpha value is -2.43. The molecule has 0 unspecified atom stereocenters. The van der Waals surface area contributed by atoms with Gasteiger partial charge in [-0.25, -0.2) is 4.79 Å². The highest BCUT2D eigenvalue weighted by molar-refractivity contribution is 6.31. The number of urea groups is 1. The number of hydrogen-bond acceptors (Lipinski definition) is 3. The van der Waals surface area contributed by atoms with Gasteiger partial charge in [0.2, 0.25) is 0 Å². The average molecular weight is 312 g/mol. The van der Waals surface area contributed by atoms with Gasteiger partial charge in [-0.2, -0.15) is 0 Å². The first-order valence-electron chi connectivity index (χ1n) is 8.09. The number of benzene rings is 1. The zero-order valence-corrected chi connectivity index (χ0v) is 13.2. The number of amides is 4. The van der Waals surface area contributed by atoms with E-state index < -0.39 is 17.8 Å². The average Bonchev–Trinajstić information content (AvgIpc) is 3.06. The lowest BCUT2D eigenvalue weighted by Crippen LogP contribution is -2.57. The van der Waals surface area contributed by atoms with Gasteiger partial charge >= 0.3 is 6.03 Å². The molecule has 0 radical (unpaired) electrons. The second-order valence-corrected chi connectivity index (χ2v) is 6.03. The summed E-state index contributed by atoms with van der Waals surface area (Å²) in [4.78, 5) is 37.9. The number of barbiturate groups is 1. The summed E-state index contributed by atoms with van der Waals surface area (Å²) < 4.78 is 0. The topological polar surface area (TPSA) is 66.5 Å². The summed E-state index contributed by atoms with van der Waals surface area (Å²) in [5.41, 5.74) is 2.00. The molecule has 1 aliphatic heterocycles. The van der Waals surface area contributed by atoms with Crippen molar-refractivity contribution in [2.24, 2.45) is 0 Å². The Kier molecular flexibility index (Phi) is 4.28. The number of carbonyl (C=O) groups excluding carboxylic acids is 3. The second-order valence-electron chi connectivity index (χ2n) is 6.03. The van der Waals surface area contributed by atoms with Gasteiger partial charge in [-0.1, -0.05) is 44.0 Å². The van der Waals surface area contributed by atoms with Crippen LogP contribution in [-0.2, 0) is 16.0 Å². The van der Waals surface area contributed by atoms with E-state index >= 15 is 0 Å². The maximum Gasteiger partial charge on any atom is 0.331 e. The molecule has 5 heteroatoms. The Bertz CT molecular complexity index is 670. The SMILES string of the molecule is CCc1ccc(/C=C2\C(=O)NC(=O)N(C3CCCC3)C2=O)cc1. The van der Waals surface area contributed by atoms with E-state index in [-0.39, 0.29) is 11.6 Å². The number of carbonyl (C=O) groups is 3. The third kappa shape index (κ3) is 3.04. The smallest absolute Gasteiger partial charge is 0.273 e. The van der Waals surface area contributed by atoms with Crippen molar-refractivity contribution in [1.29, 1.82) is 0 Å². The summed E-state index contributed by atoms with van der Waals surface area (Å²) in [5, 5.41) is 2.29. The van der Waals surface area contributed by atoms with Gasteiger partial charge in [0.05, 0.1) is 0 Å². The molecule has 0 bridgehead atoms. The quantitative estimate of drug-likeness (QED) is 0.689. The molecule has 2 aliphatic rings. The molecule has 2 fully saturated rings. The summed E-state index contributed by atoms with van der Waals surface area (Å²) in [6.07, 6.45) is 6.13. The highest BCUT2D eigenvalue weighted by Gasteiger charge is 2.40. The van der Waals surface area contributed by atoms with Crippen LogP contribution in [0.5, 0.6) is 0 Å². The third-order valence-corrected chi connectivity index (χ3v) is 4.52. The highest BCUT2D eigenvalue weighted by atomic mass is 16.2. The van der Waals surface area contributed by atoms with Gasteiger partial charge in [0.15, 0.2) is 0 Å². The maximum absolute atomic E-state index is 12.6. The zero-order chi connectivity index (χ0) is 16.4. The number of nitrogens with zero attached hydrogens (tertiary/aromatic N) is 1. The highest BCUT2D eigenvalue weighted by Crippen LogP contribution is 2.27. The van der Waals surface area contributed by atoms with Crippen molar-refractivity contribution in [2.45, 2.75) is 45.1 Å². The summed E-state index contributed by atoms with van der Waals surface area (Å²) >= 11 is 0. The number of aryl methyl sites for hydroxylation is 1. The van der Waals surface area contributed by atoms with E-state index in [1.807, 2.05) is 24.3 Å². The molecular weight excluding hydrogens is 292 g/mol. The van der Waals surface area contributed by atoms with Crippen LogP contribution in [-0.4, -0.2) is 28.8 Å². The van der Waals surface area contributed by atoms with Crippen molar-refractivity contribution in [3.8, 4) is 0 Å². The Morgan fingerprint density at radius 1 is 1.13 bits per heavy atom. The fourth-order valence-electron chi connectivity index (χ4n) is 3.18. The summed E-state index contributed by atoms with van der Waals surface area (Å²) in [6, 6.07) is 7.01. The van der Waals surface area contributed by atoms with Crippen LogP contribution in [0.15, 0.2) is 29.8 Å². The van der Waals surface area contributed by atoms with Crippen LogP contribution in [0.2, 0.25) is 0 Å². The van der Waals surface area contributed by atoms with E-state index in [0.29, 0.717) is 0 Å².